The maximum absolute atomic E-state index is 17.2. The Hall–Kier alpha value is -5.36. The highest BCUT2D eigenvalue weighted by molar-refractivity contribution is 6.03. The van der Waals surface area contributed by atoms with Gasteiger partial charge in [-0.05, 0) is 68.7 Å². The molecule has 4 aromatic rings. The molecule has 0 radical (unpaired) electrons. The van der Waals surface area contributed by atoms with E-state index >= 15 is 8.78 Å². The lowest BCUT2D eigenvalue weighted by molar-refractivity contribution is -0.172. The van der Waals surface area contributed by atoms with Crippen molar-refractivity contribution in [3.05, 3.63) is 47.7 Å². The Morgan fingerprint density at radius 2 is 1.78 bits per heavy atom. The molecule has 12 nitrogen and oxygen atoms in total. The van der Waals surface area contributed by atoms with Gasteiger partial charge in [-0.2, -0.15) is 9.97 Å². The first-order valence-electron chi connectivity index (χ1n) is 22.7. The van der Waals surface area contributed by atoms with Gasteiger partial charge in [0.25, 0.3) is 0 Å². The fourth-order valence-electron chi connectivity index (χ4n) is 10.4. The van der Waals surface area contributed by atoms with Gasteiger partial charge in [0, 0.05) is 50.1 Å². The summed E-state index contributed by atoms with van der Waals surface area (Å²) >= 11 is 0. The molecule has 2 bridgehead atoms. The first kappa shape index (κ1) is 44.3. The molecule has 1 amide bonds. The lowest BCUT2D eigenvalue weighted by Gasteiger charge is -2.41. The summed E-state index contributed by atoms with van der Waals surface area (Å²) in [4.78, 5) is 46.8. The zero-order valence-corrected chi connectivity index (χ0v) is 36.4. The van der Waals surface area contributed by atoms with Crippen molar-refractivity contribution >= 4 is 39.6 Å². The molecule has 6 atom stereocenters. The summed E-state index contributed by atoms with van der Waals surface area (Å²) in [5.41, 5.74) is -0.898. The van der Waals surface area contributed by atoms with E-state index in [4.69, 9.17) is 25.6 Å². The molecule has 15 heteroatoms. The van der Waals surface area contributed by atoms with Gasteiger partial charge in [-0.3, -0.25) is 19.6 Å². The Kier molecular flexibility index (Phi) is 13.2. The molecule has 4 fully saturated rings. The van der Waals surface area contributed by atoms with Gasteiger partial charge >= 0.3 is 18.1 Å². The van der Waals surface area contributed by atoms with Crippen LogP contribution in [0.15, 0.2) is 30.5 Å². The minimum absolute atomic E-state index is 0.0773. The second kappa shape index (κ2) is 18.8. The number of phenols is 1. The van der Waals surface area contributed by atoms with E-state index in [1.807, 2.05) is 4.90 Å². The zero-order chi connectivity index (χ0) is 44.4. The number of rotatable bonds is 16. The normalized spacial score (nSPS) is 22.9. The number of carbonyl (C=O) groups is 2. The number of fused-ring (bicyclic) bond motifs is 5. The molecule has 336 valence electrons. The number of aromatic hydroxyl groups is 1. The molecule has 4 unspecified atom stereocenters. The summed E-state index contributed by atoms with van der Waals surface area (Å²) < 4.78 is 64.8. The minimum Gasteiger partial charge on any atom is -0.508 e. The number of carbonyl (C=O) groups excluding carboxylic acids is 2. The zero-order valence-electron chi connectivity index (χ0n) is 36.4. The SMILES string of the molecule is C#Cc1c(F)ccc2cc(O)cc(-c3ncc4c(N5CC6CCC(C5)N6C(=O)OC(C)OC(=O)C(CCCC)CCCCCC)nc(OC[C@@]56CCCN5C[C@H](F)C6)nc4c3F)c12. The predicted molar refractivity (Wildman–Crippen MR) is 233 cm³/mol. The van der Waals surface area contributed by atoms with Gasteiger partial charge in [-0.15, -0.1) is 6.42 Å². The first-order chi connectivity index (χ1) is 30.4. The number of hydrogen-bond donors (Lipinski definition) is 1. The number of unbranched alkanes of at least 4 members (excludes halogenated alkanes) is 4. The van der Waals surface area contributed by atoms with Gasteiger partial charge in [0.2, 0.25) is 6.29 Å². The van der Waals surface area contributed by atoms with E-state index in [2.05, 4.69) is 34.6 Å². The number of benzene rings is 2. The van der Waals surface area contributed by atoms with Gasteiger partial charge in [0.15, 0.2) is 5.82 Å². The number of hydrogen-bond acceptors (Lipinski definition) is 11. The molecule has 1 N–H and O–H groups in total. The largest absolute Gasteiger partial charge is 0.508 e. The van der Waals surface area contributed by atoms with Crippen molar-refractivity contribution in [2.75, 3.05) is 37.7 Å². The van der Waals surface area contributed by atoms with Gasteiger partial charge < -0.3 is 24.2 Å². The molecule has 2 aromatic carbocycles. The van der Waals surface area contributed by atoms with Crippen molar-refractivity contribution in [1.29, 1.82) is 0 Å². The van der Waals surface area contributed by atoms with E-state index < -0.39 is 35.7 Å². The van der Waals surface area contributed by atoms with Gasteiger partial charge in [-0.1, -0.05) is 64.4 Å². The molecule has 6 heterocycles. The van der Waals surface area contributed by atoms with E-state index in [9.17, 15) is 19.1 Å². The Labute approximate surface area is 366 Å². The van der Waals surface area contributed by atoms with Crippen molar-refractivity contribution in [2.45, 2.75) is 134 Å². The van der Waals surface area contributed by atoms with E-state index in [0.717, 1.165) is 70.8 Å². The number of aromatic nitrogens is 3. The minimum atomic E-state index is -1.07. The molecule has 0 saturated carbocycles. The third kappa shape index (κ3) is 8.93. The Morgan fingerprint density at radius 3 is 2.52 bits per heavy atom. The van der Waals surface area contributed by atoms with Crippen molar-refractivity contribution in [3.8, 4) is 35.4 Å². The topological polar surface area (TPSA) is 130 Å². The fraction of sp³-hybridized carbons (Fsp3) is 0.562. The summed E-state index contributed by atoms with van der Waals surface area (Å²) in [6, 6.07) is 4.63. The highest BCUT2D eigenvalue weighted by Gasteiger charge is 2.50. The third-order valence-electron chi connectivity index (χ3n) is 13.5. The van der Waals surface area contributed by atoms with Crippen LogP contribution in [0.1, 0.15) is 110 Å². The molecular weight excluding hydrogens is 814 g/mol. The van der Waals surface area contributed by atoms with Crippen LogP contribution >= 0.6 is 0 Å². The van der Waals surface area contributed by atoms with E-state index in [-0.39, 0.29) is 75.4 Å². The van der Waals surface area contributed by atoms with Crippen molar-refractivity contribution in [1.82, 2.24) is 24.8 Å². The molecule has 4 saturated heterocycles. The number of nitrogens with zero attached hydrogens (tertiary/aromatic N) is 6. The second-order valence-electron chi connectivity index (χ2n) is 17.8. The maximum Gasteiger partial charge on any atom is 0.413 e. The average Bonchev–Trinajstić information content (AvgIpc) is 3.88. The molecule has 8 rings (SSSR count). The van der Waals surface area contributed by atoms with Crippen molar-refractivity contribution in [3.63, 3.8) is 0 Å². The highest BCUT2D eigenvalue weighted by atomic mass is 19.1. The van der Waals surface area contributed by atoms with Crippen LogP contribution in [0, 0.1) is 29.9 Å². The number of phenolic OH excluding ortho intramolecular Hbond substituents is 1. The monoisotopic (exact) mass is 870 g/mol. The molecule has 0 spiro atoms. The van der Waals surface area contributed by atoms with Crippen LogP contribution in [0.25, 0.3) is 32.9 Å². The number of halogens is 3. The van der Waals surface area contributed by atoms with Crippen LogP contribution in [0.2, 0.25) is 0 Å². The number of anilines is 1. The Bertz CT molecular complexity index is 2380. The average molecular weight is 871 g/mol. The first-order valence-corrected chi connectivity index (χ1v) is 22.7. The van der Waals surface area contributed by atoms with E-state index in [0.29, 0.717) is 50.1 Å². The molecule has 0 aliphatic carbocycles. The van der Waals surface area contributed by atoms with E-state index in [1.165, 1.54) is 30.5 Å². The van der Waals surface area contributed by atoms with Crippen LogP contribution in [0.3, 0.4) is 0 Å². The van der Waals surface area contributed by atoms with E-state index in [1.54, 1.807) is 11.8 Å². The summed E-state index contributed by atoms with van der Waals surface area (Å²) in [6.07, 6.45) is 15.4. The van der Waals surface area contributed by atoms with Crippen molar-refractivity contribution in [2.24, 2.45) is 5.92 Å². The van der Waals surface area contributed by atoms with Crippen LogP contribution in [-0.2, 0) is 14.3 Å². The number of ether oxygens (including phenoxy) is 3. The van der Waals surface area contributed by atoms with Crippen LogP contribution in [0.5, 0.6) is 11.8 Å². The number of esters is 1. The van der Waals surface area contributed by atoms with Gasteiger partial charge in [-0.25, -0.2) is 18.0 Å². The van der Waals surface area contributed by atoms with Crippen molar-refractivity contribution < 1.29 is 42.1 Å². The number of amides is 1. The van der Waals surface area contributed by atoms with Gasteiger partial charge in [0.1, 0.15) is 41.4 Å². The number of alkyl halides is 1. The molecule has 2 aromatic heterocycles. The summed E-state index contributed by atoms with van der Waals surface area (Å²) in [5, 5.41) is 11.6. The van der Waals surface area contributed by atoms with Gasteiger partial charge in [0.05, 0.1) is 34.5 Å². The predicted octanol–water partition coefficient (Wildman–Crippen LogP) is 9.22. The number of pyridine rings is 1. The number of terminal acetylenes is 1. The summed E-state index contributed by atoms with van der Waals surface area (Å²) in [5.74, 6) is 0.375. The second-order valence-corrected chi connectivity index (χ2v) is 17.8. The fourth-order valence-corrected chi connectivity index (χ4v) is 10.4. The smallest absolute Gasteiger partial charge is 0.413 e. The Balaban J connectivity index is 1.07. The van der Waals surface area contributed by atoms with Crippen LogP contribution in [-0.4, -0.2) is 105 Å². The maximum atomic E-state index is 17.2. The third-order valence-corrected chi connectivity index (χ3v) is 13.5. The van der Waals surface area contributed by atoms with Crippen LogP contribution < -0.4 is 9.64 Å². The summed E-state index contributed by atoms with van der Waals surface area (Å²) in [6.45, 7) is 7.62. The van der Waals surface area contributed by atoms with Crippen LogP contribution in [0.4, 0.5) is 23.8 Å². The lowest BCUT2D eigenvalue weighted by Crippen LogP contribution is -2.56. The standard InChI is InChI=1S/C48H57F3N6O6/c1-5-8-10-11-14-30(13-9-6-2)45(59)62-29(4)63-47(60)57-33-16-17-34(57)27-55(26-33)44-38-24-52-42(37-22-35(58)21-31-15-18-39(50)36(7-3)40(31)37)41(51)43(38)53-46(54-44)61-28-48-19-12-20-56(48)25-32(49)23-48/h3,15,18,21-22,24,29-30,32-34,58H,5-6,8-14,16-17,19-20,23,25-28H2,1-2,4H3/t29?,30?,32-,33?,34?,48+/m1/s1. The molecule has 4 aliphatic heterocycles. The Morgan fingerprint density at radius 1 is 1.02 bits per heavy atom. The number of piperazine rings is 1. The quantitative estimate of drug-likeness (QED) is 0.0501. The summed E-state index contributed by atoms with van der Waals surface area (Å²) in [7, 11) is 0. The molecule has 63 heavy (non-hydrogen) atoms. The lowest BCUT2D eigenvalue weighted by atomic mass is 9.95. The highest BCUT2D eigenvalue weighted by Crippen LogP contribution is 2.43. The molecule has 4 aliphatic rings. The molecular formula is C48H57F3N6O6.